The van der Waals surface area contributed by atoms with Crippen molar-refractivity contribution in [3.05, 3.63) is 77.5 Å². The Morgan fingerprint density at radius 1 is 1.03 bits per heavy atom. The summed E-state index contributed by atoms with van der Waals surface area (Å²) in [6.07, 6.45) is 1.65. The van der Waals surface area contributed by atoms with E-state index in [0.717, 1.165) is 5.56 Å². The molecule has 2 amide bonds. The standard InChI is InChI=1S/C25H30N4O3/c1-5-32-21-12-10-20(11-13-21)24(30)28-23(17(2)3)25(31)27-22-14-15-26-29(22)16-19-8-6-18(4)7-9-19/h6-15,17,23H,5,16H2,1-4H3,(H,27,31)(H,28,30). The Bertz CT molecular complexity index is 1040. The van der Waals surface area contributed by atoms with Gasteiger partial charge in [0.2, 0.25) is 5.91 Å². The van der Waals surface area contributed by atoms with Gasteiger partial charge in [0.1, 0.15) is 17.6 Å². The SMILES string of the molecule is CCOc1ccc(C(=O)NC(C(=O)Nc2ccnn2Cc2ccc(C)cc2)C(C)C)cc1. The Hall–Kier alpha value is -3.61. The van der Waals surface area contributed by atoms with E-state index in [-0.39, 0.29) is 17.7 Å². The van der Waals surface area contributed by atoms with Crippen molar-refractivity contribution in [2.75, 3.05) is 11.9 Å². The Morgan fingerprint density at radius 2 is 1.72 bits per heavy atom. The summed E-state index contributed by atoms with van der Waals surface area (Å²) in [5.41, 5.74) is 2.74. The van der Waals surface area contributed by atoms with Crippen LogP contribution in [0.5, 0.6) is 5.75 Å². The zero-order chi connectivity index (χ0) is 23.1. The number of hydrogen-bond acceptors (Lipinski definition) is 4. The van der Waals surface area contributed by atoms with Gasteiger partial charge in [-0.3, -0.25) is 9.59 Å². The third-order valence-corrected chi connectivity index (χ3v) is 5.08. The fourth-order valence-corrected chi connectivity index (χ4v) is 3.26. The van der Waals surface area contributed by atoms with Crippen LogP contribution in [-0.2, 0) is 11.3 Å². The Labute approximate surface area is 188 Å². The maximum absolute atomic E-state index is 13.0. The molecule has 0 spiro atoms. The number of carbonyl (C=O) groups excluding carboxylic acids is 2. The second kappa shape index (κ2) is 10.6. The molecule has 168 valence electrons. The molecular formula is C25H30N4O3. The number of amides is 2. The van der Waals surface area contributed by atoms with Gasteiger partial charge in [0, 0.05) is 11.6 Å². The first-order valence-corrected chi connectivity index (χ1v) is 10.8. The summed E-state index contributed by atoms with van der Waals surface area (Å²) in [5, 5.41) is 10.1. The third-order valence-electron chi connectivity index (χ3n) is 5.08. The van der Waals surface area contributed by atoms with Gasteiger partial charge in [-0.2, -0.15) is 5.10 Å². The molecule has 2 N–H and O–H groups in total. The molecule has 3 rings (SSSR count). The summed E-state index contributed by atoms with van der Waals surface area (Å²) in [5.74, 6) is 0.579. The summed E-state index contributed by atoms with van der Waals surface area (Å²) >= 11 is 0. The molecule has 0 radical (unpaired) electrons. The van der Waals surface area contributed by atoms with E-state index in [1.54, 1.807) is 41.2 Å². The number of rotatable bonds is 9. The highest BCUT2D eigenvalue weighted by Gasteiger charge is 2.25. The Morgan fingerprint density at radius 3 is 2.34 bits per heavy atom. The monoisotopic (exact) mass is 434 g/mol. The number of benzene rings is 2. The Balaban J connectivity index is 1.67. The van der Waals surface area contributed by atoms with E-state index in [0.29, 0.717) is 30.3 Å². The summed E-state index contributed by atoms with van der Waals surface area (Å²) in [6, 6.07) is 16.1. The number of nitrogens with zero attached hydrogens (tertiary/aromatic N) is 2. The number of hydrogen-bond donors (Lipinski definition) is 2. The average Bonchev–Trinajstić information content (AvgIpc) is 3.20. The summed E-state index contributed by atoms with van der Waals surface area (Å²) in [6.45, 7) is 8.82. The quantitative estimate of drug-likeness (QED) is 0.532. The van der Waals surface area contributed by atoms with Gasteiger partial charge in [0.15, 0.2) is 0 Å². The van der Waals surface area contributed by atoms with Crippen molar-refractivity contribution in [1.29, 1.82) is 0 Å². The molecule has 0 saturated carbocycles. The second-order valence-electron chi connectivity index (χ2n) is 8.00. The maximum Gasteiger partial charge on any atom is 0.251 e. The van der Waals surface area contributed by atoms with Crippen molar-refractivity contribution in [3.8, 4) is 5.75 Å². The van der Waals surface area contributed by atoms with Gasteiger partial charge in [0.25, 0.3) is 5.91 Å². The van der Waals surface area contributed by atoms with Crippen LogP contribution in [-0.4, -0.2) is 34.2 Å². The van der Waals surface area contributed by atoms with Gasteiger partial charge in [-0.1, -0.05) is 43.7 Å². The van der Waals surface area contributed by atoms with Gasteiger partial charge >= 0.3 is 0 Å². The van der Waals surface area contributed by atoms with Gasteiger partial charge in [0.05, 0.1) is 19.3 Å². The van der Waals surface area contributed by atoms with Crippen LogP contribution in [0.4, 0.5) is 5.82 Å². The van der Waals surface area contributed by atoms with Crippen LogP contribution in [0.3, 0.4) is 0 Å². The Kier molecular flexibility index (Phi) is 7.65. The van der Waals surface area contributed by atoms with Crippen molar-refractivity contribution < 1.29 is 14.3 Å². The lowest BCUT2D eigenvalue weighted by Gasteiger charge is -2.22. The van der Waals surface area contributed by atoms with Gasteiger partial charge in [-0.05, 0) is 49.6 Å². The molecule has 0 bridgehead atoms. The average molecular weight is 435 g/mol. The predicted octanol–water partition coefficient (Wildman–Crippen LogP) is 4.03. The molecule has 2 aromatic carbocycles. The number of nitrogens with one attached hydrogen (secondary N) is 2. The topological polar surface area (TPSA) is 85.2 Å². The van der Waals surface area contributed by atoms with Crippen LogP contribution in [0.2, 0.25) is 0 Å². The molecule has 1 aromatic heterocycles. The summed E-state index contributed by atoms with van der Waals surface area (Å²) < 4.78 is 7.14. The van der Waals surface area contributed by atoms with Crippen molar-refractivity contribution >= 4 is 17.6 Å². The largest absolute Gasteiger partial charge is 0.494 e. The summed E-state index contributed by atoms with van der Waals surface area (Å²) in [7, 11) is 0. The van der Waals surface area contributed by atoms with Crippen LogP contribution in [0.25, 0.3) is 0 Å². The van der Waals surface area contributed by atoms with Crippen molar-refractivity contribution in [2.24, 2.45) is 5.92 Å². The molecule has 0 aliphatic rings. The minimum atomic E-state index is -0.697. The molecule has 0 saturated heterocycles. The minimum absolute atomic E-state index is 0.102. The highest BCUT2D eigenvalue weighted by Crippen LogP contribution is 2.15. The van der Waals surface area contributed by atoms with E-state index in [4.69, 9.17) is 4.74 Å². The highest BCUT2D eigenvalue weighted by molar-refractivity contribution is 6.01. The minimum Gasteiger partial charge on any atom is -0.494 e. The molecule has 7 heteroatoms. The molecule has 1 unspecified atom stereocenters. The smallest absolute Gasteiger partial charge is 0.251 e. The molecule has 7 nitrogen and oxygen atoms in total. The van der Waals surface area contributed by atoms with E-state index in [1.807, 2.05) is 52.0 Å². The second-order valence-corrected chi connectivity index (χ2v) is 8.00. The van der Waals surface area contributed by atoms with E-state index < -0.39 is 6.04 Å². The molecule has 0 aliphatic heterocycles. The number of ether oxygens (including phenoxy) is 1. The van der Waals surface area contributed by atoms with Crippen molar-refractivity contribution in [3.63, 3.8) is 0 Å². The number of aromatic nitrogens is 2. The number of aryl methyl sites for hydroxylation is 1. The molecule has 1 heterocycles. The zero-order valence-electron chi connectivity index (χ0n) is 19.0. The lowest BCUT2D eigenvalue weighted by Crippen LogP contribution is -2.47. The lowest BCUT2D eigenvalue weighted by atomic mass is 10.0. The molecule has 32 heavy (non-hydrogen) atoms. The fourth-order valence-electron chi connectivity index (χ4n) is 3.26. The molecule has 0 fully saturated rings. The normalized spacial score (nSPS) is 11.8. The van der Waals surface area contributed by atoms with Crippen molar-refractivity contribution in [2.45, 2.75) is 40.3 Å². The fraction of sp³-hybridized carbons (Fsp3) is 0.320. The van der Waals surface area contributed by atoms with Crippen LogP contribution < -0.4 is 15.4 Å². The van der Waals surface area contributed by atoms with E-state index in [1.165, 1.54) is 5.56 Å². The molecular weight excluding hydrogens is 404 g/mol. The zero-order valence-corrected chi connectivity index (χ0v) is 19.0. The van der Waals surface area contributed by atoms with Gasteiger partial charge in [-0.25, -0.2) is 4.68 Å². The molecule has 1 atom stereocenters. The maximum atomic E-state index is 13.0. The highest BCUT2D eigenvalue weighted by atomic mass is 16.5. The third kappa shape index (κ3) is 5.97. The first-order chi connectivity index (χ1) is 15.4. The van der Waals surface area contributed by atoms with E-state index in [9.17, 15) is 9.59 Å². The van der Waals surface area contributed by atoms with Crippen molar-refractivity contribution in [1.82, 2.24) is 15.1 Å². The van der Waals surface area contributed by atoms with Crippen LogP contribution in [0, 0.1) is 12.8 Å². The predicted molar refractivity (Wildman–Crippen MR) is 125 cm³/mol. The van der Waals surface area contributed by atoms with Crippen LogP contribution in [0.1, 0.15) is 42.3 Å². The van der Waals surface area contributed by atoms with E-state index >= 15 is 0 Å². The van der Waals surface area contributed by atoms with Gasteiger partial charge in [-0.15, -0.1) is 0 Å². The molecule has 3 aromatic rings. The number of carbonyl (C=O) groups is 2. The summed E-state index contributed by atoms with van der Waals surface area (Å²) in [4.78, 5) is 25.7. The first-order valence-electron chi connectivity index (χ1n) is 10.8. The van der Waals surface area contributed by atoms with E-state index in [2.05, 4.69) is 15.7 Å². The van der Waals surface area contributed by atoms with Gasteiger partial charge < -0.3 is 15.4 Å². The first kappa shape index (κ1) is 23.1. The van der Waals surface area contributed by atoms with Crippen LogP contribution in [0.15, 0.2) is 60.8 Å². The molecule has 0 aliphatic carbocycles. The lowest BCUT2D eigenvalue weighted by molar-refractivity contribution is -0.118. The number of anilines is 1. The van der Waals surface area contributed by atoms with Crippen LogP contribution >= 0.6 is 0 Å².